The van der Waals surface area contributed by atoms with Gasteiger partial charge in [0.25, 0.3) is 0 Å². The molecule has 0 saturated carbocycles. The monoisotopic (exact) mass is 991 g/mol. The lowest BCUT2D eigenvalue weighted by Crippen LogP contribution is -2.63. The van der Waals surface area contributed by atoms with Crippen LogP contribution in [0.1, 0.15) is 194 Å². The van der Waals surface area contributed by atoms with Crippen molar-refractivity contribution in [2.45, 2.75) is 235 Å². The van der Waals surface area contributed by atoms with Crippen LogP contribution >= 0.6 is 0 Å². The molecular formula is C59H98N4O8. The van der Waals surface area contributed by atoms with E-state index in [1.54, 1.807) is 4.90 Å². The minimum atomic E-state index is -0.796. The molecule has 12 heteroatoms. The molecule has 2 heterocycles. The number of rotatable bonds is 23. The van der Waals surface area contributed by atoms with Crippen LogP contribution in [-0.4, -0.2) is 112 Å². The average molecular weight is 991 g/mol. The molecule has 2 saturated heterocycles. The maximum absolute atomic E-state index is 14.3. The van der Waals surface area contributed by atoms with Crippen molar-refractivity contribution in [1.29, 1.82) is 0 Å². The number of ketones is 3. The Morgan fingerprint density at radius 2 is 1.32 bits per heavy atom. The predicted octanol–water partition coefficient (Wildman–Crippen LogP) is 11.6. The first-order valence-electron chi connectivity index (χ1n) is 26.6. The van der Waals surface area contributed by atoms with Crippen molar-refractivity contribution in [2.75, 3.05) is 32.8 Å². The van der Waals surface area contributed by atoms with E-state index >= 15 is 0 Å². The van der Waals surface area contributed by atoms with Crippen LogP contribution in [0.25, 0.3) is 0 Å². The molecule has 402 valence electrons. The van der Waals surface area contributed by atoms with Gasteiger partial charge in [0, 0.05) is 58.9 Å². The summed E-state index contributed by atoms with van der Waals surface area (Å²) in [6, 6.07) is 7.24. The van der Waals surface area contributed by atoms with Gasteiger partial charge in [0.05, 0.1) is 30.1 Å². The fraction of sp³-hybridized carbons (Fsp3) is 0.746. The van der Waals surface area contributed by atoms with Gasteiger partial charge >= 0.3 is 12.1 Å². The number of likely N-dealkylation sites (tertiary alicyclic amines) is 2. The number of benzene rings is 1. The van der Waals surface area contributed by atoms with E-state index in [9.17, 15) is 24.0 Å². The molecule has 1 unspecified atom stereocenters. The Morgan fingerprint density at radius 1 is 0.732 bits per heavy atom. The van der Waals surface area contributed by atoms with E-state index in [2.05, 4.69) is 75.3 Å². The van der Waals surface area contributed by atoms with Crippen molar-refractivity contribution in [3.8, 4) is 5.75 Å². The Morgan fingerprint density at radius 3 is 1.86 bits per heavy atom. The topological polar surface area (TPSA) is 144 Å². The van der Waals surface area contributed by atoms with Crippen LogP contribution in [-0.2, 0) is 35.1 Å². The smallest absolute Gasteiger partial charge is 0.409 e. The van der Waals surface area contributed by atoms with Crippen molar-refractivity contribution in [3.63, 3.8) is 0 Å². The van der Waals surface area contributed by atoms with Crippen LogP contribution in [0.2, 0.25) is 0 Å². The molecule has 2 aliphatic rings. The molecule has 2 fully saturated rings. The van der Waals surface area contributed by atoms with Gasteiger partial charge in [-0.05, 0) is 138 Å². The Kier molecular flexibility index (Phi) is 21.5. The number of amides is 1. The number of allylic oxidation sites excluding steroid dienone is 3. The van der Waals surface area contributed by atoms with E-state index in [0.29, 0.717) is 70.7 Å². The minimum absolute atomic E-state index is 0.114. The molecule has 1 aromatic carbocycles. The van der Waals surface area contributed by atoms with Crippen molar-refractivity contribution < 1.29 is 38.2 Å². The molecule has 2 N–H and O–H groups in total. The van der Waals surface area contributed by atoms with E-state index in [-0.39, 0.29) is 64.6 Å². The number of carbonyl (C=O) groups excluding carboxylic acids is 5. The summed E-state index contributed by atoms with van der Waals surface area (Å²) in [6.45, 7) is 38.4. The van der Waals surface area contributed by atoms with Crippen LogP contribution in [0.15, 0.2) is 48.6 Å². The van der Waals surface area contributed by atoms with E-state index in [1.165, 1.54) is 0 Å². The standard InChI is InChI=1S/C59H98N4O8/c1-52(2,3)48(65)46-40-45(41-63(46)57(16,17)18)71-47(64)39-43-30-29-31-44(38-43)69-36-27-24-22-26-33-58(60-55(10,11)12,49(66)53(4,5)6)32-25-21-19-20-23-28-37-70-51(68)62-35-34-59(42-62,61-56(13,14)15)50(67)54(7,8)9/h19-20,24,27,29-31,38,45-46,60-61H,21-23,25-26,28,32-37,39-42H2,1-18H3/b20-19+,27-24+/t45-,46+,58?,59-/m0/s1. The molecule has 0 spiro atoms. The number of hydrogen-bond acceptors (Lipinski definition) is 11. The SMILES string of the molecule is CC(C)(C)NC(CCC/C=C/CCCOC(=O)N1CC[C@@](NC(C)(C)C)(C(=O)C(C)(C)C)C1)(CCC/C=C/COc1cccc(CC(=O)O[C@H]2C[C@H](C(=O)C(C)(C)C)N(C(C)(C)C)C2)c1)C(=O)C(C)(C)C. The molecule has 0 aliphatic carbocycles. The van der Waals surface area contributed by atoms with Crippen molar-refractivity contribution in [3.05, 3.63) is 54.1 Å². The highest BCUT2D eigenvalue weighted by atomic mass is 16.6. The third-order valence-corrected chi connectivity index (χ3v) is 13.1. The Balaban J connectivity index is 1.49. The molecule has 1 aromatic rings. The van der Waals surface area contributed by atoms with Crippen molar-refractivity contribution >= 4 is 29.4 Å². The predicted molar refractivity (Wildman–Crippen MR) is 288 cm³/mol. The molecule has 71 heavy (non-hydrogen) atoms. The van der Waals surface area contributed by atoms with Crippen LogP contribution in [0.4, 0.5) is 4.79 Å². The summed E-state index contributed by atoms with van der Waals surface area (Å²) in [5.41, 5.74) is -3.03. The Hall–Kier alpha value is -3.87. The summed E-state index contributed by atoms with van der Waals surface area (Å²) in [4.78, 5) is 71.3. The lowest BCUT2D eigenvalue weighted by Gasteiger charge is -2.43. The summed E-state index contributed by atoms with van der Waals surface area (Å²) in [7, 11) is 0. The number of esters is 1. The molecular weight excluding hydrogens is 893 g/mol. The van der Waals surface area contributed by atoms with Gasteiger partial charge in [0.1, 0.15) is 18.5 Å². The Labute approximate surface area is 430 Å². The Bertz CT molecular complexity index is 2000. The van der Waals surface area contributed by atoms with Gasteiger partial charge in [-0.15, -0.1) is 0 Å². The second-order valence-electron chi connectivity index (χ2n) is 26.7. The number of hydrogen-bond donors (Lipinski definition) is 2. The van der Waals surface area contributed by atoms with Crippen molar-refractivity contribution in [1.82, 2.24) is 20.4 Å². The minimum Gasteiger partial charge on any atom is -0.490 e. The van der Waals surface area contributed by atoms with Gasteiger partial charge in [-0.3, -0.25) is 29.4 Å². The summed E-state index contributed by atoms with van der Waals surface area (Å²) in [6.07, 6.45) is 15.1. The molecule has 0 radical (unpaired) electrons. The highest BCUT2D eigenvalue weighted by Crippen LogP contribution is 2.36. The van der Waals surface area contributed by atoms with Crippen molar-refractivity contribution in [2.24, 2.45) is 16.2 Å². The largest absolute Gasteiger partial charge is 0.490 e. The highest BCUT2D eigenvalue weighted by Gasteiger charge is 2.51. The fourth-order valence-electron chi connectivity index (χ4n) is 10.3. The highest BCUT2D eigenvalue weighted by molar-refractivity contribution is 5.94. The van der Waals surface area contributed by atoms with E-state index in [1.807, 2.05) is 113 Å². The number of unbranched alkanes of at least 4 members (excludes halogenated alkanes) is 3. The maximum Gasteiger partial charge on any atom is 0.409 e. The zero-order chi connectivity index (χ0) is 53.9. The van der Waals surface area contributed by atoms with Crippen LogP contribution in [0.3, 0.4) is 0 Å². The number of Topliss-reactive ketones (excluding diaryl/α,β-unsaturated/α-hetero) is 3. The molecule has 0 bridgehead atoms. The number of nitrogens with one attached hydrogen (secondary N) is 2. The van der Waals surface area contributed by atoms with Crippen LogP contribution in [0.5, 0.6) is 5.75 Å². The van der Waals surface area contributed by atoms with Crippen LogP contribution in [0, 0.1) is 16.2 Å². The van der Waals surface area contributed by atoms with Gasteiger partial charge in [-0.1, -0.05) is 98.8 Å². The van der Waals surface area contributed by atoms with Gasteiger partial charge in [-0.2, -0.15) is 0 Å². The first-order valence-corrected chi connectivity index (χ1v) is 26.6. The van der Waals surface area contributed by atoms with E-state index in [4.69, 9.17) is 14.2 Å². The molecule has 0 aromatic heterocycles. The quantitative estimate of drug-likeness (QED) is 0.0614. The lowest BCUT2D eigenvalue weighted by atomic mass is 9.72. The molecule has 1 amide bonds. The maximum atomic E-state index is 14.3. The molecule has 2 aliphatic heterocycles. The second-order valence-corrected chi connectivity index (χ2v) is 26.7. The summed E-state index contributed by atoms with van der Waals surface area (Å²) in [5, 5.41) is 7.34. The number of carbonyl (C=O) groups is 5. The summed E-state index contributed by atoms with van der Waals surface area (Å²) >= 11 is 0. The molecule has 12 nitrogen and oxygen atoms in total. The number of ether oxygens (including phenoxy) is 3. The van der Waals surface area contributed by atoms with Gasteiger partial charge in [0.15, 0.2) is 17.3 Å². The lowest BCUT2D eigenvalue weighted by molar-refractivity contribution is -0.148. The van der Waals surface area contributed by atoms with Gasteiger partial charge < -0.3 is 24.4 Å². The van der Waals surface area contributed by atoms with Crippen LogP contribution < -0.4 is 15.4 Å². The normalized spacial score (nSPS) is 20.7. The number of nitrogens with zero attached hydrogens (tertiary/aromatic N) is 2. The first kappa shape index (κ1) is 61.4. The summed E-state index contributed by atoms with van der Waals surface area (Å²) < 4.78 is 17.7. The van der Waals surface area contributed by atoms with Gasteiger partial charge in [0.2, 0.25) is 0 Å². The third-order valence-electron chi connectivity index (χ3n) is 13.1. The second kappa shape index (κ2) is 24.9. The summed E-state index contributed by atoms with van der Waals surface area (Å²) in [5.74, 6) is 0.860. The average Bonchev–Trinajstić information content (AvgIpc) is 3.85. The third kappa shape index (κ3) is 19.8. The fourth-order valence-corrected chi connectivity index (χ4v) is 10.3. The zero-order valence-corrected chi connectivity index (χ0v) is 47.7. The molecule has 4 atom stereocenters. The first-order chi connectivity index (χ1) is 32.5. The van der Waals surface area contributed by atoms with E-state index < -0.39 is 27.3 Å². The van der Waals surface area contributed by atoms with E-state index in [0.717, 1.165) is 37.7 Å². The zero-order valence-electron chi connectivity index (χ0n) is 47.7. The molecule has 3 rings (SSSR count). The van der Waals surface area contributed by atoms with Gasteiger partial charge in [-0.25, -0.2) is 4.79 Å².